The van der Waals surface area contributed by atoms with Crippen molar-refractivity contribution in [3.05, 3.63) is 47.0 Å². The van der Waals surface area contributed by atoms with E-state index in [0.29, 0.717) is 5.02 Å². The summed E-state index contributed by atoms with van der Waals surface area (Å²) in [5, 5.41) is 11.1. The van der Waals surface area contributed by atoms with E-state index < -0.39 is 29.5 Å². The van der Waals surface area contributed by atoms with Gasteiger partial charge in [-0.05, 0) is 36.8 Å². The van der Waals surface area contributed by atoms with Gasteiger partial charge in [-0.25, -0.2) is 4.79 Å². The smallest absolute Gasteiger partial charge is 0.343 e. The van der Waals surface area contributed by atoms with Gasteiger partial charge < -0.3 is 9.84 Å². The molecule has 2 heterocycles. The molecule has 4 rings (SSSR count). The Kier molecular flexibility index (Phi) is 2.96. The number of halogens is 1. The summed E-state index contributed by atoms with van der Waals surface area (Å²) in [5.41, 5.74) is -1.06. The molecule has 0 saturated carbocycles. The van der Waals surface area contributed by atoms with Gasteiger partial charge in [-0.1, -0.05) is 23.7 Å². The van der Waals surface area contributed by atoms with Gasteiger partial charge in [0.25, 0.3) is 0 Å². The maximum Gasteiger partial charge on any atom is 0.343 e. The summed E-state index contributed by atoms with van der Waals surface area (Å²) in [6.07, 6.45) is 2.48. The standard InChI is InChI=1S/C15H13ClO4/c1-8(17)13-12(9-2-4-10(16)5-3-9)11-6-7-15(13,19)14(18)20-11/h2-7,11-13,19H,1H3. The lowest BCUT2D eigenvalue weighted by atomic mass is 9.65. The van der Waals surface area contributed by atoms with Crippen molar-refractivity contribution in [1.82, 2.24) is 0 Å². The fraction of sp³-hybridized carbons (Fsp3) is 0.333. The topological polar surface area (TPSA) is 63.6 Å². The summed E-state index contributed by atoms with van der Waals surface area (Å²) in [6, 6.07) is 7.00. The normalized spacial score (nSPS) is 35.0. The first-order valence-electron chi connectivity index (χ1n) is 6.32. The molecule has 1 fully saturated rings. The molecular weight excluding hydrogens is 280 g/mol. The minimum Gasteiger partial charge on any atom is -0.455 e. The van der Waals surface area contributed by atoms with Gasteiger partial charge in [0.15, 0.2) is 5.60 Å². The molecule has 0 amide bonds. The lowest BCUT2D eigenvalue weighted by Crippen LogP contribution is -2.60. The highest BCUT2D eigenvalue weighted by Crippen LogP contribution is 2.47. The molecule has 0 radical (unpaired) electrons. The Morgan fingerprint density at radius 1 is 1.35 bits per heavy atom. The highest BCUT2D eigenvalue weighted by molar-refractivity contribution is 6.30. The van der Waals surface area contributed by atoms with Gasteiger partial charge in [-0.15, -0.1) is 0 Å². The zero-order valence-electron chi connectivity index (χ0n) is 10.7. The minimum atomic E-state index is -1.87. The fourth-order valence-corrected chi connectivity index (χ4v) is 3.21. The first-order chi connectivity index (χ1) is 9.43. The maximum atomic E-state index is 12.0. The molecule has 3 aliphatic rings. The monoisotopic (exact) mass is 292 g/mol. The number of carbonyl (C=O) groups is 2. The van der Waals surface area contributed by atoms with E-state index >= 15 is 0 Å². The Morgan fingerprint density at radius 2 is 2.00 bits per heavy atom. The van der Waals surface area contributed by atoms with E-state index in [1.165, 1.54) is 13.0 Å². The molecule has 5 heteroatoms. The van der Waals surface area contributed by atoms with Gasteiger partial charge in [-0.3, -0.25) is 4.79 Å². The number of ether oxygens (including phenoxy) is 1. The lowest BCUT2D eigenvalue weighted by molar-refractivity contribution is -0.189. The predicted molar refractivity (Wildman–Crippen MR) is 72.3 cm³/mol. The zero-order valence-corrected chi connectivity index (χ0v) is 11.5. The summed E-state index contributed by atoms with van der Waals surface area (Å²) in [6.45, 7) is 1.38. The average Bonchev–Trinajstić information content (AvgIpc) is 2.40. The van der Waals surface area contributed by atoms with Crippen molar-refractivity contribution in [3.8, 4) is 0 Å². The Labute approximate surface area is 121 Å². The second kappa shape index (κ2) is 4.43. The summed E-state index contributed by atoms with van der Waals surface area (Å²) >= 11 is 5.86. The van der Waals surface area contributed by atoms with E-state index in [9.17, 15) is 14.7 Å². The second-order valence-electron chi connectivity index (χ2n) is 5.22. The molecule has 4 unspecified atom stereocenters. The molecule has 20 heavy (non-hydrogen) atoms. The second-order valence-corrected chi connectivity index (χ2v) is 5.66. The third-order valence-electron chi connectivity index (χ3n) is 3.99. The van der Waals surface area contributed by atoms with Crippen LogP contribution in [0.1, 0.15) is 18.4 Å². The average molecular weight is 293 g/mol. The minimum absolute atomic E-state index is 0.238. The SMILES string of the molecule is CC(=O)C1C(c2ccc(Cl)cc2)C2C=CC1(O)C(=O)O2. The van der Waals surface area contributed by atoms with Crippen LogP contribution < -0.4 is 0 Å². The van der Waals surface area contributed by atoms with Crippen LogP contribution in [-0.2, 0) is 14.3 Å². The van der Waals surface area contributed by atoms with Crippen LogP contribution in [0.15, 0.2) is 36.4 Å². The first kappa shape index (κ1) is 13.3. The highest BCUT2D eigenvalue weighted by atomic mass is 35.5. The molecule has 0 spiro atoms. The first-order valence-corrected chi connectivity index (χ1v) is 6.70. The lowest BCUT2D eigenvalue weighted by Gasteiger charge is -2.47. The number of ketones is 1. The molecule has 0 aromatic heterocycles. The van der Waals surface area contributed by atoms with Crippen molar-refractivity contribution in [2.45, 2.75) is 24.5 Å². The van der Waals surface area contributed by atoms with Crippen molar-refractivity contribution in [2.24, 2.45) is 5.92 Å². The van der Waals surface area contributed by atoms with Crippen molar-refractivity contribution >= 4 is 23.4 Å². The van der Waals surface area contributed by atoms with Gasteiger partial charge in [0.2, 0.25) is 0 Å². The number of carbonyl (C=O) groups excluding carboxylic acids is 2. The van der Waals surface area contributed by atoms with Crippen molar-refractivity contribution in [1.29, 1.82) is 0 Å². The largest absolute Gasteiger partial charge is 0.455 e. The van der Waals surface area contributed by atoms with Crippen molar-refractivity contribution in [2.75, 3.05) is 0 Å². The van der Waals surface area contributed by atoms with E-state index in [4.69, 9.17) is 16.3 Å². The molecule has 104 valence electrons. The number of hydrogen-bond donors (Lipinski definition) is 1. The number of Topliss-reactive ketones (excluding diaryl/α,β-unsaturated/α-hetero) is 1. The van der Waals surface area contributed by atoms with Crippen LogP contribution in [-0.4, -0.2) is 28.6 Å². The van der Waals surface area contributed by atoms with E-state index in [1.54, 1.807) is 30.3 Å². The van der Waals surface area contributed by atoms with E-state index in [1.807, 2.05) is 0 Å². The Bertz CT molecular complexity index is 607. The summed E-state index contributed by atoms with van der Waals surface area (Å²) in [5.74, 6) is -2.22. The highest BCUT2D eigenvalue weighted by Gasteiger charge is 2.59. The molecule has 2 aliphatic heterocycles. The molecule has 1 aliphatic carbocycles. The number of hydrogen-bond acceptors (Lipinski definition) is 4. The number of benzene rings is 1. The fourth-order valence-electron chi connectivity index (χ4n) is 3.08. The van der Waals surface area contributed by atoms with Crippen LogP contribution in [0.4, 0.5) is 0 Å². The van der Waals surface area contributed by atoms with Crippen LogP contribution in [0, 0.1) is 5.92 Å². The molecule has 1 N–H and O–H groups in total. The maximum absolute atomic E-state index is 12.0. The number of rotatable bonds is 2. The quantitative estimate of drug-likeness (QED) is 0.667. The molecule has 4 nitrogen and oxygen atoms in total. The third kappa shape index (κ3) is 1.79. The Morgan fingerprint density at radius 3 is 2.55 bits per heavy atom. The van der Waals surface area contributed by atoms with Crippen molar-refractivity contribution < 1.29 is 19.4 Å². The summed E-state index contributed by atoms with van der Waals surface area (Å²) in [7, 11) is 0. The molecular formula is C15H13ClO4. The van der Waals surface area contributed by atoms with E-state index in [2.05, 4.69) is 0 Å². The molecule has 1 aromatic carbocycles. The van der Waals surface area contributed by atoms with Crippen molar-refractivity contribution in [3.63, 3.8) is 0 Å². The van der Waals surface area contributed by atoms with Gasteiger partial charge in [0, 0.05) is 10.9 Å². The van der Waals surface area contributed by atoms with Crippen LogP contribution in [0.3, 0.4) is 0 Å². The molecule has 4 atom stereocenters. The number of fused-ring (bicyclic) bond motifs is 2. The van der Waals surface area contributed by atoms with Gasteiger partial charge in [0.05, 0.1) is 5.92 Å². The van der Waals surface area contributed by atoms with Crippen LogP contribution in [0.25, 0.3) is 0 Å². The van der Waals surface area contributed by atoms with E-state index in [0.717, 1.165) is 5.56 Å². The Hall–Kier alpha value is -1.65. The zero-order chi connectivity index (χ0) is 14.5. The van der Waals surface area contributed by atoms with Gasteiger partial charge >= 0.3 is 5.97 Å². The van der Waals surface area contributed by atoms with Crippen LogP contribution in [0.2, 0.25) is 5.02 Å². The van der Waals surface area contributed by atoms with E-state index in [-0.39, 0.29) is 5.78 Å². The number of aliphatic hydroxyl groups is 1. The Balaban J connectivity index is 2.11. The molecule has 2 bridgehead atoms. The molecule has 1 saturated heterocycles. The summed E-state index contributed by atoms with van der Waals surface area (Å²) in [4.78, 5) is 23.8. The van der Waals surface area contributed by atoms with Gasteiger partial charge in [0.1, 0.15) is 11.9 Å². The summed E-state index contributed by atoms with van der Waals surface area (Å²) < 4.78 is 5.20. The predicted octanol–water partition coefficient (Wildman–Crippen LogP) is 1.86. The van der Waals surface area contributed by atoms with Crippen LogP contribution in [0.5, 0.6) is 0 Å². The van der Waals surface area contributed by atoms with Crippen LogP contribution >= 0.6 is 11.6 Å². The molecule has 1 aromatic rings. The number of esters is 1. The van der Waals surface area contributed by atoms with Gasteiger partial charge in [-0.2, -0.15) is 0 Å². The third-order valence-corrected chi connectivity index (χ3v) is 4.24.